The Labute approximate surface area is 116 Å². The van der Waals surface area contributed by atoms with Crippen LogP contribution in [-0.2, 0) is 0 Å². The maximum Gasteiger partial charge on any atom is 0.261 e. The van der Waals surface area contributed by atoms with Crippen LogP contribution in [0.2, 0.25) is 0 Å². The summed E-state index contributed by atoms with van der Waals surface area (Å²) in [5.74, 6) is -0.910. The van der Waals surface area contributed by atoms with E-state index in [-0.39, 0.29) is 5.56 Å². The van der Waals surface area contributed by atoms with Crippen LogP contribution in [0, 0.1) is 5.82 Å². The van der Waals surface area contributed by atoms with Gasteiger partial charge in [-0.15, -0.1) is 0 Å². The maximum atomic E-state index is 12.9. The Hall–Kier alpha value is -2.56. The second-order valence-electron chi connectivity index (χ2n) is 4.20. The molecule has 0 aliphatic carbocycles. The van der Waals surface area contributed by atoms with Gasteiger partial charge in [-0.2, -0.15) is 0 Å². The van der Waals surface area contributed by atoms with E-state index in [2.05, 4.69) is 0 Å². The number of amides is 1. The fourth-order valence-corrected chi connectivity index (χ4v) is 1.88. The lowest BCUT2D eigenvalue weighted by Crippen LogP contribution is -2.26. The Balaban J connectivity index is 2.37. The Morgan fingerprint density at radius 2 is 1.95 bits per heavy atom. The number of phenolic OH excluding ortho intramolecular Hbond substituents is 1. The number of benzene rings is 2. The SMILES string of the molecule is COc1ccccc1N(C)C(=O)c1ccc(F)cc1O. The topological polar surface area (TPSA) is 49.8 Å². The van der Waals surface area contributed by atoms with Crippen LogP contribution in [0.25, 0.3) is 0 Å². The summed E-state index contributed by atoms with van der Waals surface area (Å²) in [6.07, 6.45) is 0. The van der Waals surface area contributed by atoms with Crippen LogP contribution >= 0.6 is 0 Å². The number of hydrogen-bond acceptors (Lipinski definition) is 3. The van der Waals surface area contributed by atoms with Gasteiger partial charge in [0, 0.05) is 13.1 Å². The standard InChI is InChI=1S/C15H14FNO3/c1-17(12-5-3-4-6-14(12)20-2)15(19)11-8-7-10(16)9-13(11)18/h3-9,18H,1-2H3. The molecule has 2 aromatic carbocycles. The fourth-order valence-electron chi connectivity index (χ4n) is 1.88. The number of carbonyl (C=O) groups excluding carboxylic acids is 1. The smallest absolute Gasteiger partial charge is 0.261 e. The molecule has 0 unspecified atom stereocenters. The molecule has 1 amide bonds. The van der Waals surface area contributed by atoms with Gasteiger partial charge in [-0.3, -0.25) is 4.79 Å². The third-order valence-electron chi connectivity index (χ3n) is 2.94. The molecular weight excluding hydrogens is 261 g/mol. The van der Waals surface area contributed by atoms with Crippen LogP contribution in [0.1, 0.15) is 10.4 Å². The van der Waals surface area contributed by atoms with Crippen molar-refractivity contribution in [3.63, 3.8) is 0 Å². The van der Waals surface area contributed by atoms with Crippen molar-refractivity contribution in [3.05, 3.63) is 53.8 Å². The first kappa shape index (κ1) is 13.9. The van der Waals surface area contributed by atoms with E-state index >= 15 is 0 Å². The predicted octanol–water partition coefficient (Wildman–Crippen LogP) is 2.82. The summed E-state index contributed by atoms with van der Waals surface area (Å²) >= 11 is 0. The molecule has 0 bridgehead atoms. The number of ether oxygens (including phenoxy) is 1. The van der Waals surface area contributed by atoms with Gasteiger partial charge >= 0.3 is 0 Å². The molecule has 0 atom stereocenters. The van der Waals surface area contributed by atoms with E-state index < -0.39 is 17.5 Å². The summed E-state index contributed by atoms with van der Waals surface area (Å²) in [5, 5.41) is 9.67. The molecule has 0 saturated heterocycles. The van der Waals surface area contributed by atoms with Crippen LogP contribution in [0.3, 0.4) is 0 Å². The van der Waals surface area contributed by atoms with Crippen LogP contribution < -0.4 is 9.64 Å². The Bertz CT molecular complexity index is 643. The molecule has 5 heteroatoms. The number of nitrogens with zero attached hydrogens (tertiary/aromatic N) is 1. The highest BCUT2D eigenvalue weighted by atomic mass is 19.1. The molecule has 0 aromatic heterocycles. The minimum absolute atomic E-state index is 0.0276. The van der Waals surface area contributed by atoms with Gasteiger partial charge in [-0.25, -0.2) is 4.39 Å². The third kappa shape index (κ3) is 2.56. The normalized spacial score (nSPS) is 10.2. The van der Waals surface area contributed by atoms with E-state index in [1.807, 2.05) is 0 Å². The van der Waals surface area contributed by atoms with Crippen LogP contribution in [0.4, 0.5) is 10.1 Å². The molecule has 0 heterocycles. The molecule has 0 aliphatic rings. The van der Waals surface area contributed by atoms with Crippen LogP contribution in [-0.4, -0.2) is 25.2 Å². The molecule has 0 saturated carbocycles. The summed E-state index contributed by atoms with van der Waals surface area (Å²) in [4.78, 5) is 13.7. The number of rotatable bonds is 3. The average molecular weight is 275 g/mol. The van der Waals surface area contributed by atoms with Gasteiger partial charge in [0.1, 0.15) is 17.3 Å². The van der Waals surface area contributed by atoms with Crippen molar-refractivity contribution in [2.75, 3.05) is 19.1 Å². The summed E-state index contributed by atoms with van der Waals surface area (Å²) < 4.78 is 18.1. The van der Waals surface area contributed by atoms with Gasteiger partial charge in [0.2, 0.25) is 0 Å². The Morgan fingerprint density at radius 3 is 2.60 bits per heavy atom. The lowest BCUT2D eigenvalue weighted by Gasteiger charge is -2.20. The number of anilines is 1. The van der Waals surface area contributed by atoms with E-state index in [0.29, 0.717) is 11.4 Å². The monoisotopic (exact) mass is 275 g/mol. The number of hydrogen-bond donors (Lipinski definition) is 1. The highest BCUT2D eigenvalue weighted by molar-refractivity contribution is 6.08. The van der Waals surface area contributed by atoms with Crippen molar-refractivity contribution in [1.29, 1.82) is 0 Å². The minimum Gasteiger partial charge on any atom is -0.507 e. The average Bonchev–Trinajstić information content (AvgIpc) is 2.45. The molecule has 0 spiro atoms. The number of para-hydroxylation sites is 2. The summed E-state index contributed by atoms with van der Waals surface area (Å²) in [6, 6.07) is 10.3. The molecule has 0 radical (unpaired) electrons. The predicted molar refractivity (Wildman–Crippen MR) is 73.8 cm³/mol. The maximum absolute atomic E-state index is 12.9. The van der Waals surface area contributed by atoms with Crippen molar-refractivity contribution in [3.8, 4) is 11.5 Å². The van der Waals surface area contributed by atoms with Crippen molar-refractivity contribution >= 4 is 11.6 Å². The quantitative estimate of drug-likeness (QED) is 0.937. The van der Waals surface area contributed by atoms with Gasteiger partial charge in [-0.05, 0) is 24.3 Å². The van der Waals surface area contributed by atoms with Gasteiger partial charge in [-0.1, -0.05) is 12.1 Å². The zero-order valence-corrected chi connectivity index (χ0v) is 11.1. The highest BCUT2D eigenvalue weighted by Crippen LogP contribution is 2.29. The van der Waals surface area contributed by atoms with Gasteiger partial charge in [0.05, 0.1) is 18.4 Å². The summed E-state index contributed by atoms with van der Waals surface area (Å²) in [5.41, 5.74) is 0.587. The van der Waals surface area contributed by atoms with Gasteiger partial charge < -0.3 is 14.7 Å². The molecule has 20 heavy (non-hydrogen) atoms. The van der Waals surface area contributed by atoms with E-state index in [4.69, 9.17) is 4.74 Å². The van der Waals surface area contributed by atoms with Crippen LogP contribution in [0.15, 0.2) is 42.5 Å². The molecule has 1 N–H and O–H groups in total. The first-order valence-corrected chi connectivity index (χ1v) is 5.94. The van der Waals surface area contributed by atoms with E-state index in [9.17, 15) is 14.3 Å². The largest absolute Gasteiger partial charge is 0.507 e. The third-order valence-corrected chi connectivity index (χ3v) is 2.94. The molecule has 2 rings (SSSR count). The molecule has 2 aromatic rings. The first-order chi connectivity index (χ1) is 9.54. The molecule has 104 valence electrons. The lowest BCUT2D eigenvalue weighted by molar-refractivity contribution is 0.0989. The number of methoxy groups -OCH3 is 1. The number of carbonyl (C=O) groups is 1. The number of halogens is 1. The Kier molecular flexibility index (Phi) is 3.89. The number of phenols is 1. The van der Waals surface area contributed by atoms with Crippen molar-refractivity contribution in [1.82, 2.24) is 0 Å². The van der Waals surface area contributed by atoms with Crippen molar-refractivity contribution < 1.29 is 19.0 Å². The molecule has 4 nitrogen and oxygen atoms in total. The minimum atomic E-state index is -0.598. The summed E-state index contributed by atoms with van der Waals surface area (Å²) in [6.45, 7) is 0. The zero-order valence-electron chi connectivity index (χ0n) is 11.1. The van der Waals surface area contributed by atoms with Crippen molar-refractivity contribution in [2.45, 2.75) is 0 Å². The molecule has 0 fully saturated rings. The highest BCUT2D eigenvalue weighted by Gasteiger charge is 2.19. The van der Waals surface area contributed by atoms with E-state index in [1.165, 1.54) is 18.1 Å². The zero-order chi connectivity index (χ0) is 14.7. The fraction of sp³-hybridized carbons (Fsp3) is 0.133. The van der Waals surface area contributed by atoms with E-state index in [1.54, 1.807) is 31.3 Å². The first-order valence-electron chi connectivity index (χ1n) is 5.94. The lowest BCUT2D eigenvalue weighted by atomic mass is 10.1. The molecule has 0 aliphatic heterocycles. The summed E-state index contributed by atoms with van der Waals surface area (Å²) in [7, 11) is 3.06. The number of aromatic hydroxyl groups is 1. The molecular formula is C15H14FNO3. The van der Waals surface area contributed by atoms with Crippen molar-refractivity contribution in [2.24, 2.45) is 0 Å². The van der Waals surface area contributed by atoms with Crippen LogP contribution in [0.5, 0.6) is 11.5 Å². The second kappa shape index (κ2) is 5.61. The second-order valence-corrected chi connectivity index (χ2v) is 4.20. The van der Waals surface area contributed by atoms with Gasteiger partial charge in [0.25, 0.3) is 5.91 Å². The van der Waals surface area contributed by atoms with Gasteiger partial charge in [0.15, 0.2) is 0 Å². The van der Waals surface area contributed by atoms with E-state index in [0.717, 1.165) is 12.1 Å². The Morgan fingerprint density at radius 1 is 1.25 bits per heavy atom.